The Kier molecular flexibility index (Phi) is 5.87. The summed E-state index contributed by atoms with van der Waals surface area (Å²) in [6.45, 7) is 2.91. The van der Waals surface area contributed by atoms with E-state index in [0.717, 1.165) is 30.1 Å². The van der Waals surface area contributed by atoms with E-state index >= 15 is 0 Å². The van der Waals surface area contributed by atoms with E-state index in [1.54, 1.807) is 24.4 Å². The number of nitrogens with one attached hydrogen (secondary N) is 5. The number of alkyl halides is 3. The fourth-order valence-corrected chi connectivity index (χ4v) is 4.64. The first-order chi connectivity index (χ1) is 18.3. The maximum Gasteiger partial charge on any atom is 0.418 e. The van der Waals surface area contributed by atoms with Crippen molar-refractivity contribution >= 4 is 50.9 Å². The molecule has 0 bridgehead atoms. The normalized spacial score (nSPS) is 14.2. The van der Waals surface area contributed by atoms with Gasteiger partial charge in [0, 0.05) is 37.3 Å². The second kappa shape index (κ2) is 9.38. The topological polar surface area (TPSA) is 114 Å². The first-order valence-electron chi connectivity index (χ1n) is 12.0. The number of nitrogens with zero attached hydrogens (tertiary/aromatic N) is 3. The number of aromatic amines is 2. The van der Waals surface area contributed by atoms with E-state index in [1.807, 2.05) is 12.1 Å². The number of carbonyl (C=O) groups is 1. The number of fused-ring (bicyclic) bond motifs is 2. The van der Waals surface area contributed by atoms with Crippen LogP contribution < -0.4 is 20.9 Å². The van der Waals surface area contributed by atoms with E-state index in [0.29, 0.717) is 41.1 Å². The van der Waals surface area contributed by atoms with Crippen LogP contribution in [0.25, 0.3) is 21.9 Å². The van der Waals surface area contributed by atoms with E-state index in [4.69, 9.17) is 0 Å². The fraction of sp³-hybridized carbons (Fsp3) is 0.192. The lowest BCUT2D eigenvalue weighted by Crippen LogP contribution is -2.44. The van der Waals surface area contributed by atoms with Crippen molar-refractivity contribution < 1.29 is 18.0 Å². The maximum atomic E-state index is 13.5. The maximum absolute atomic E-state index is 13.5. The van der Waals surface area contributed by atoms with Crippen LogP contribution in [0, 0.1) is 0 Å². The van der Waals surface area contributed by atoms with Gasteiger partial charge in [-0.05, 0) is 42.5 Å². The summed E-state index contributed by atoms with van der Waals surface area (Å²) in [5, 5.41) is 16.8. The molecule has 5 aromatic rings. The van der Waals surface area contributed by atoms with Crippen molar-refractivity contribution in [2.45, 2.75) is 6.18 Å². The van der Waals surface area contributed by atoms with Crippen molar-refractivity contribution in [1.82, 2.24) is 25.5 Å². The molecule has 6 rings (SSSR count). The number of hydrogen-bond donors (Lipinski definition) is 5. The number of anilines is 4. The second-order valence-corrected chi connectivity index (χ2v) is 9.00. The number of aromatic nitrogens is 4. The Labute approximate surface area is 214 Å². The molecule has 9 nitrogen and oxygen atoms in total. The average Bonchev–Trinajstić information content (AvgIpc) is 3.53. The predicted molar refractivity (Wildman–Crippen MR) is 140 cm³/mol. The van der Waals surface area contributed by atoms with Crippen LogP contribution in [0.5, 0.6) is 0 Å². The molecule has 5 N–H and O–H groups in total. The van der Waals surface area contributed by atoms with E-state index in [-0.39, 0.29) is 17.5 Å². The lowest BCUT2D eigenvalue weighted by Gasteiger charge is -2.31. The van der Waals surface area contributed by atoms with Crippen LogP contribution in [-0.4, -0.2) is 52.3 Å². The van der Waals surface area contributed by atoms with Crippen LogP contribution in [0.4, 0.5) is 36.2 Å². The summed E-state index contributed by atoms with van der Waals surface area (Å²) in [7, 11) is 0. The van der Waals surface area contributed by atoms with Crippen molar-refractivity contribution in [3.05, 3.63) is 71.9 Å². The summed E-state index contributed by atoms with van der Waals surface area (Å²) in [6.07, 6.45) is -2.84. The Morgan fingerprint density at radius 1 is 1.00 bits per heavy atom. The number of imidazole rings is 1. The first-order valence-corrected chi connectivity index (χ1v) is 12.0. The number of carbonyl (C=O) groups excluding carboxylic acids is 1. The minimum absolute atomic E-state index is 0.117. The Hall–Kier alpha value is -4.58. The van der Waals surface area contributed by atoms with Crippen LogP contribution in [0.15, 0.2) is 60.8 Å². The molecular formula is C26H23F3N8O. The third-order valence-corrected chi connectivity index (χ3v) is 6.49. The summed E-state index contributed by atoms with van der Waals surface area (Å²) in [6, 6.07) is 14.2. The Morgan fingerprint density at radius 2 is 1.82 bits per heavy atom. The van der Waals surface area contributed by atoms with E-state index < -0.39 is 11.7 Å². The molecule has 1 saturated heterocycles. The van der Waals surface area contributed by atoms with Gasteiger partial charge in [-0.15, -0.1) is 0 Å². The quantitative estimate of drug-likeness (QED) is 0.226. The molecule has 3 heterocycles. The molecule has 1 amide bonds. The smallest absolute Gasteiger partial charge is 0.368 e. The van der Waals surface area contributed by atoms with Crippen molar-refractivity contribution in [1.29, 1.82) is 0 Å². The third kappa shape index (κ3) is 4.61. The molecule has 0 unspecified atom stereocenters. The minimum atomic E-state index is -4.52. The molecule has 1 aliphatic rings. The van der Waals surface area contributed by atoms with Gasteiger partial charge < -0.3 is 25.8 Å². The lowest BCUT2D eigenvalue weighted by molar-refractivity contribution is -0.136. The molecule has 0 aliphatic carbocycles. The van der Waals surface area contributed by atoms with Crippen LogP contribution in [0.2, 0.25) is 0 Å². The highest BCUT2D eigenvalue weighted by atomic mass is 19.4. The standard InChI is InChI=1S/C26H23F3N8O/c27-26(28,29)18-3-1-2-4-20(18)33-25-34-21-12-17(23(13-22(21)35-25)37-9-7-30-8-10-37)24(38)32-16-5-6-19-15(11-16)14-31-36-19/h1-6,11-14,30H,7-10H2,(H,31,36)(H,32,38)(H2,33,34,35). The zero-order chi connectivity index (χ0) is 26.3. The Balaban J connectivity index is 1.36. The molecule has 0 saturated carbocycles. The number of amides is 1. The Bertz CT molecular complexity index is 1630. The van der Waals surface area contributed by atoms with Crippen molar-refractivity contribution in [2.75, 3.05) is 41.7 Å². The van der Waals surface area contributed by atoms with Crippen molar-refractivity contribution in [3.63, 3.8) is 0 Å². The van der Waals surface area contributed by atoms with Gasteiger partial charge in [-0.3, -0.25) is 9.89 Å². The highest BCUT2D eigenvalue weighted by Crippen LogP contribution is 2.36. The second-order valence-electron chi connectivity index (χ2n) is 9.00. The van der Waals surface area contributed by atoms with Gasteiger partial charge in [0.05, 0.1) is 45.2 Å². The van der Waals surface area contributed by atoms with Crippen LogP contribution in [-0.2, 0) is 6.18 Å². The number of para-hydroxylation sites is 1. The van der Waals surface area contributed by atoms with Gasteiger partial charge in [-0.1, -0.05) is 12.1 Å². The molecule has 0 atom stereocenters. The van der Waals surface area contributed by atoms with Gasteiger partial charge in [0.15, 0.2) is 0 Å². The van der Waals surface area contributed by atoms with Gasteiger partial charge in [0.1, 0.15) is 0 Å². The first kappa shape index (κ1) is 23.8. The molecule has 1 aliphatic heterocycles. The van der Waals surface area contributed by atoms with Crippen molar-refractivity contribution in [3.8, 4) is 0 Å². The third-order valence-electron chi connectivity index (χ3n) is 6.49. The number of benzene rings is 3. The van der Waals surface area contributed by atoms with E-state index in [2.05, 4.69) is 41.0 Å². The molecule has 0 spiro atoms. The lowest BCUT2D eigenvalue weighted by atomic mass is 10.1. The van der Waals surface area contributed by atoms with Gasteiger partial charge in [-0.25, -0.2) is 4.98 Å². The van der Waals surface area contributed by atoms with E-state index in [9.17, 15) is 18.0 Å². The molecule has 1 fully saturated rings. The number of rotatable bonds is 5. The van der Waals surface area contributed by atoms with Gasteiger partial charge >= 0.3 is 6.18 Å². The highest BCUT2D eigenvalue weighted by molar-refractivity contribution is 6.11. The monoisotopic (exact) mass is 520 g/mol. The van der Waals surface area contributed by atoms with Gasteiger partial charge in [0.2, 0.25) is 5.95 Å². The number of H-pyrrole nitrogens is 2. The summed E-state index contributed by atoms with van der Waals surface area (Å²) >= 11 is 0. The number of piperazine rings is 1. The fourth-order valence-electron chi connectivity index (χ4n) is 4.64. The van der Waals surface area contributed by atoms with Gasteiger partial charge in [0.25, 0.3) is 5.91 Å². The molecule has 38 heavy (non-hydrogen) atoms. The van der Waals surface area contributed by atoms with Crippen LogP contribution in [0.3, 0.4) is 0 Å². The van der Waals surface area contributed by atoms with Crippen LogP contribution >= 0.6 is 0 Å². The molecule has 12 heteroatoms. The molecule has 3 aromatic carbocycles. The number of hydrogen-bond acceptors (Lipinski definition) is 6. The van der Waals surface area contributed by atoms with Gasteiger partial charge in [-0.2, -0.15) is 18.3 Å². The summed E-state index contributed by atoms with van der Waals surface area (Å²) in [4.78, 5) is 23.1. The minimum Gasteiger partial charge on any atom is -0.368 e. The summed E-state index contributed by atoms with van der Waals surface area (Å²) < 4.78 is 40.4. The molecule has 0 radical (unpaired) electrons. The zero-order valence-corrected chi connectivity index (χ0v) is 20.0. The summed E-state index contributed by atoms with van der Waals surface area (Å²) in [5.41, 5.74) is 2.74. The Morgan fingerprint density at radius 3 is 2.63 bits per heavy atom. The number of halogens is 3. The SMILES string of the molecule is O=C(Nc1ccc2[nH]ncc2c1)c1cc2[nH]c(Nc3ccccc3C(F)(F)F)nc2cc1N1CCNCC1. The summed E-state index contributed by atoms with van der Waals surface area (Å²) in [5.74, 6) is -0.166. The predicted octanol–water partition coefficient (Wildman–Crippen LogP) is 4.86. The molecule has 2 aromatic heterocycles. The van der Waals surface area contributed by atoms with Crippen molar-refractivity contribution in [2.24, 2.45) is 0 Å². The van der Waals surface area contributed by atoms with Crippen LogP contribution in [0.1, 0.15) is 15.9 Å². The van der Waals surface area contributed by atoms with E-state index in [1.165, 1.54) is 18.2 Å². The zero-order valence-electron chi connectivity index (χ0n) is 20.0. The largest absolute Gasteiger partial charge is 0.418 e. The highest BCUT2D eigenvalue weighted by Gasteiger charge is 2.33. The average molecular weight is 521 g/mol. The molecular weight excluding hydrogens is 497 g/mol. The molecule has 194 valence electrons.